The molecule has 10 heteroatoms. The number of benzene rings is 1. The van der Waals surface area contributed by atoms with Crippen LogP contribution in [-0.4, -0.2) is 64.3 Å². The van der Waals surface area contributed by atoms with E-state index in [0.29, 0.717) is 37.1 Å². The lowest BCUT2D eigenvalue weighted by Crippen LogP contribution is -2.42. The number of hydrogen-bond donors (Lipinski definition) is 3. The van der Waals surface area contributed by atoms with Crippen LogP contribution in [0.5, 0.6) is 0 Å². The van der Waals surface area contributed by atoms with Crippen molar-refractivity contribution in [2.24, 2.45) is 0 Å². The van der Waals surface area contributed by atoms with Gasteiger partial charge in [-0.25, -0.2) is 14.4 Å². The standard InChI is InChI=1S/C26H32FN5O4/c1-15(2)32-18(11-28-17-5-7-35-13-17)10-23(33)19-4-3-16(9-22(19)32)25-20(27)12-29-26(31-25)30-21-6-8-36-14-24(21)34/h3-4,9-10,12,15,17,21,24,28,34H,5-8,11,13-14H2,1-2H3,(H,29,30,31)/t17-,21+,24+/m0/s1. The van der Waals surface area contributed by atoms with Gasteiger partial charge in [-0.15, -0.1) is 0 Å². The molecule has 0 unspecified atom stereocenters. The largest absolute Gasteiger partial charge is 0.389 e. The Balaban J connectivity index is 1.51. The molecule has 0 aliphatic carbocycles. The number of anilines is 1. The minimum absolute atomic E-state index is 0.0717. The van der Waals surface area contributed by atoms with Crippen LogP contribution in [0.1, 0.15) is 38.4 Å². The molecule has 0 spiro atoms. The molecule has 9 nitrogen and oxygen atoms in total. The van der Waals surface area contributed by atoms with Gasteiger partial charge in [0.1, 0.15) is 5.69 Å². The van der Waals surface area contributed by atoms with Gasteiger partial charge in [0.05, 0.1) is 37.1 Å². The Morgan fingerprint density at radius 2 is 2.00 bits per heavy atom. The average molecular weight is 498 g/mol. The van der Waals surface area contributed by atoms with Crippen molar-refractivity contribution >= 4 is 16.9 Å². The fourth-order valence-electron chi connectivity index (χ4n) is 4.93. The Labute approximate surface area is 208 Å². The summed E-state index contributed by atoms with van der Waals surface area (Å²) in [6.45, 7) is 6.81. The van der Waals surface area contributed by atoms with E-state index < -0.39 is 11.9 Å². The molecule has 2 fully saturated rings. The van der Waals surface area contributed by atoms with Gasteiger partial charge < -0.3 is 29.8 Å². The fourth-order valence-corrected chi connectivity index (χ4v) is 4.93. The van der Waals surface area contributed by atoms with Crippen molar-refractivity contribution in [1.82, 2.24) is 19.9 Å². The Morgan fingerprint density at radius 3 is 2.75 bits per heavy atom. The molecule has 0 bridgehead atoms. The summed E-state index contributed by atoms with van der Waals surface area (Å²) in [5, 5.41) is 17.3. The SMILES string of the molecule is CC(C)n1c(CN[C@H]2CCOC2)cc(=O)c2ccc(-c3nc(N[C@@H]4CCOC[C@H]4O)ncc3F)cc21. The van der Waals surface area contributed by atoms with Crippen LogP contribution in [0.2, 0.25) is 0 Å². The van der Waals surface area contributed by atoms with E-state index in [-0.39, 0.29) is 41.8 Å². The van der Waals surface area contributed by atoms with Crippen molar-refractivity contribution in [3.8, 4) is 11.3 Å². The van der Waals surface area contributed by atoms with Crippen LogP contribution in [0.3, 0.4) is 0 Å². The molecule has 3 N–H and O–H groups in total. The number of halogens is 1. The Kier molecular flexibility index (Phi) is 7.29. The minimum atomic E-state index is -0.695. The minimum Gasteiger partial charge on any atom is -0.389 e. The summed E-state index contributed by atoms with van der Waals surface area (Å²) in [6.07, 6.45) is 1.97. The summed E-state index contributed by atoms with van der Waals surface area (Å²) in [4.78, 5) is 21.5. The van der Waals surface area contributed by atoms with E-state index in [1.807, 2.05) is 6.07 Å². The molecule has 192 valence electrons. The van der Waals surface area contributed by atoms with Crippen molar-refractivity contribution in [2.75, 3.05) is 31.7 Å². The number of aliphatic hydroxyl groups excluding tert-OH is 1. The van der Waals surface area contributed by atoms with E-state index in [1.54, 1.807) is 18.2 Å². The third kappa shape index (κ3) is 5.12. The predicted octanol–water partition coefficient (Wildman–Crippen LogP) is 2.62. The molecule has 36 heavy (non-hydrogen) atoms. The lowest BCUT2D eigenvalue weighted by atomic mass is 10.1. The molecule has 0 amide bonds. The summed E-state index contributed by atoms with van der Waals surface area (Å²) < 4.78 is 27.7. The quantitative estimate of drug-likeness (QED) is 0.457. The number of nitrogens with zero attached hydrogens (tertiary/aromatic N) is 3. The summed E-state index contributed by atoms with van der Waals surface area (Å²) in [6, 6.07) is 6.99. The van der Waals surface area contributed by atoms with Crippen molar-refractivity contribution in [3.63, 3.8) is 0 Å². The first-order chi connectivity index (χ1) is 17.4. The number of hydrogen-bond acceptors (Lipinski definition) is 8. The average Bonchev–Trinajstić information content (AvgIpc) is 3.38. The van der Waals surface area contributed by atoms with Gasteiger partial charge in [0, 0.05) is 54.6 Å². The molecule has 0 radical (unpaired) electrons. The van der Waals surface area contributed by atoms with Gasteiger partial charge >= 0.3 is 0 Å². The topological polar surface area (TPSA) is 111 Å². The van der Waals surface area contributed by atoms with Gasteiger partial charge in [0.25, 0.3) is 0 Å². The lowest BCUT2D eigenvalue weighted by molar-refractivity contribution is -0.0136. The third-order valence-electron chi connectivity index (χ3n) is 6.81. The van der Waals surface area contributed by atoms with E-state index in [2.05, 4.69) is 39.0 Å². The van der Waals surface area contributed by atoms with Crippen molar-refractivity contribution in [3.05, 3.63) is 52.2 Å². The Hall–Kier alpha value is -2.92. The molecular formula is C26H32FN5O4. The van der Waals surface area contributed by atoms with Crippen LogP contribution in [0.25, 0.3) is 22.2 Å². The maximum Gasteiger partial charge on any atom is 0.223 e. The smallest absolute Gasteiger partial charge is 0.223 e. The van der Waals surface area contributed by atoms with Crippen LogP contribution < -0.4 is 16.1 Å². The second kappa shape index (κ2) is 10.6. The molecule has 2 saturated heterocycles. The van der Waals surface area contributed by atoms with Gasteiger partial charge in [-0.1, -0.05) is 6.07 Å². The summed E-state index contributed by atoms with van der Waals surface area (Å²) >= 11 is 0. The lowest BCUT2D eigenvalue weighted by Gasteiger charge is -2.28. The first kappa shape index (κ1) is 24.8. The molecular weight excluding hydrogens is 465 g/mol. The first-order valence-electron chi connectivity index (χ1n) is 12.4. The van der Waals surface area contributed by atoms with E-state index in [1.165, 1.54) is 0 Å². The molecule has 2 aliphatic heterocycles. The molecule has 2 aliphatic rings. The summed E-state index contributed by atoms with van der Waals surface area (Å²) in [7, 11) is 0. The Morgan fingerprint density at radius 1 is 1.19 bits per heavy atom. The maximum absolute atomic E-state index is 14.9. The number of rotatable bonds is 7. The number of ether oxygens (including phenoxy) is 2. The van der Waals surface area contributed by atoms with Crippen LogP contribution in [-0.2, 0) is 16.0 Å². The van der Waals surface area contributed by atoms with Crippen LogP contribution in [0, 0.1) is 5.82 Å². The zero-order chi connectivity index (χ0) is 25.2. The Bertz CT molecular complexity index is 1290. The monoisotopic (exact) mass is 497 g/mol. The number of aromatic nitrogens is 3. The molecule has 4 heterocycles. The molecule has 5 rings (SSSR count). The van der Waals surface area contributed by atoms with Gasteiger partial charge in [0.2, 0.25) is 5.95 Å². The van der Waals surface area contributed by atoms with Crippen LogP contribution >= 0.6 is 0 Å². The number of fused-ring (bicyclic) bond motifs is 1. The highest BCUT2D eigenvalue weighted by molar-refractivity contribution is 5.84. The van der Waals surface area contributed by atoms with Crippen molar-refractivity contribution in [1.29, 1.82) is 0 Å². The second-order valence-electron chi connectivity index (χ2n) is 9.71. The molecule has 1 aromatic carbocycles. The number of nitrogens with one attached hydrogen (secondary N) is 2. The fraction of sp³-hybridized carbons (Fsp3) is 0.500. The van der Waals surface area contributed by atoms with Gasteiger partial charge in [-0.3, -0.25) is 4.79 Å². The normalized spacial score (nSPS) is 22.4. The number of aliphatic hydroxyl groups is 1. The summed E-state index contributed by atoms with van der Waals surface area (Å²) in [5.41, 5.74) is 2.19. The summed E-state index contributed by atoms with van der Waals surface area (Å²) in [5.74, 6) is -0.333. The second-order valence-corrected chi connectivity index (χ2v) is 9.71. The van der Waals surface area contributed by atoms with E-state index >= 15 is 0 Å². The molecule has 2 aromatic heterocycles. The van der Waals surface area contributed by atoms with Crippen LogP contribution in [0.15, 0.2) is 35.3 Å². The van der Waals surface area contributed by atoms with Crippen molar-refractivity contribution < 1.29 is 19.0 Å². The highest BCUT2D eigenvalue weighted by Gasteiger charge is 2.25. The molecule has 3 atom stereocenters. The van der Waals surface area contributed by atoms with Gasteiger partial charge in [-0.05, 0) is 38.8 Å². The van der Waals surface area contributed by atoms with E-state index in [9.17, 15) is 14.3 Å². The van der Waals surface area contributed by atoms with E-state index in [0.717, 1.165) is 30.4 Å². The highest BCUT2D eigenvalue weighted by Crippen LogP contribution is 2.27. The van der Waals surface area contributed by atoms with Gasteiger partial charge in [-0.2, -0.15) is 0 Å². The third-order valence-corrected chi connectivity index (χ3v) is 6.81. The van der Waals surface area contributed by atoms with Gasteiger partial charge in [0.15, 0.2) is 11.2 Å². The van der Waals surface area contributed by atoms with Crippen molar-refractivity contribution in [2.45, 2.75) is 57.5 Å². The number of pyridine rings is 1. The zero-order valence-corrected chi connectivity index (χ0v) is 20.5. The maximum atomic E-state index is 14.9. The highest BCUT2D eigenvalue weighted by atomic mass is 19.1. The predicted molar refractivity (Wildman–Crippen MR) is 134 cm³/mol. The van der Waals surface area contributed by atoms with E-state index in [4.69, 9.17) is 9.47 Å². The first-order valence-corrected chi connectivity index (χ1v) is 12.4. The zero-order valence-electron chi connectivity index (χ0n) is 20.5. The molecule has 3 aromatic rings. The molecule has 0 saturated carbocycles. The van der Waals surface area contributed by atoms with Crippen LogP contribution in [0.4, 0.5) is 10.3 Å².